The SMILES string of the molecule is O=C(c1nn2c(c1Cl)OCCC2)N1CCN(c2ccccc2)CC1. The summed E-state index contributed by atoms with van der Waals surface area (Å²) in [4.78, 5) is 16.9. The summed E-state index contributed by atoms with van der Waals surface area (Å²) in [6.07, 6.45) is 0.883. The molecular formula is C17H19ClN4O2. The fourth-order valence-electron chi connectivity index (χ4n) is 3.19. The molecule has 1 aromatic carbocycles. The number of benzene rings is 1. The highest BCUT2D eigenvalue weighted by molar-refractivity contribution is 6.34. The molecule has 126 valence electrons. The van der Waals surface area contributed by atoms with E-state index in [0.29, 0.717) is 36.3 Å². The highest BCUT2D eigenvalue weighted by atomic mass is 35.5. The number of piperazine rings is 1. The number of nitrogens with zero attached hydrogens (tertiary/aromatic N) is 4. The van der Waals surface area contributed by atoms with Crippen molar-refractivity contribution in [2.45, 2.75) is 13.0 Å². The normalized spacial score (nSPS) is 17.4. The van der Waals surface area contributed by atoms with Crippen LogP contribution in [0.3, 0.4) is 0 Å². The van der Waals surface area contributed by atoms with E-state index in [4.69, 9.17) is 16.3 Å². The predicted octanol–water partition coefficient (Wildman–Crippen LogP) is 2.28. The van der Waals surface area contributed by atoms with Crippen LogP contribution in [0.25, 0.3) is 0 Å². The second-order valence-electron chi connectivity index (χ2n) is 6.01. The molecule has 0 unspecified atom stereocenters. The second kappa shape index (κ2) is 6.36. The van der Waals surface area contributed by atoms with Crippen LogP contribution in [0, 0.1) is 0 Å². The summed E-state index contributed by atoms with van der Waals surface area (Å²) in [5.41, 5.74) is 1.50. The van der Waals surface area contributed by atoms with Crippen molar-refractivity contribution in [2.75, 3.05) is 37.7 Å². The van der Waals surface area contributed by atoms with Gasteiger partial charge < -0.3 is 14.5 Å². The van der Waals surface area contributed by atoms with Crippen molar-refractivity contribution in [3.8, 4) is 5.88 Å². The Labute approximate surface area is 145 Å². The summed E-state index contributed by atoms with van der Waals surface area (Å²) in [5, 5.41) is 4.70. The third-order valence-electron chi connectivity index (χ3n) is 4.49. The molecular weight excluding hydrogens is 328 g/mol. The van der Waals surface area contributed by atoms with Crippen LogP contribution in [0.4, 0.5) is 5.69 Å². The number of aromatic nitrogens is 2. The standard InChI is InChI=1S/C17H19ClN4O2/c18-14-15(19-22-7-4-12-24-17(14)22)16(23)21-10-8-20(9-11-21)13-5-2-1-3-6-13/h1-3,5-6H,4,7-12H2. The summed E-state index contributed by atoms with van der Waals surface area (Å²) in [7, 11) is 0. The Morgan fingerprint density at radius 3 is 2.54 bits per heavy atom. The average Bonchev–Trinajstić information content (AvgIpc) is 2.99. The maximum Gasteiger partial charge on any atom is 0.276 e. The van der Waals surface area contributed by atoms with E-state index in [2.05, 4.69) is 22.1 Å². The highest BCUT2D eigenvalue weighted by Gasteiger charge is 2.30. The molecule has 7 heteroatoms. The molecule has 0 bridgehead atoms. The van der Waals surface area contributed by atoms with Gasteiger partial charge in [-0.15, -0.1) is 0 Å². The molecule has 1 amide bonds. The first-order valence-electron chi connectivity index (χ1n) is 8.22. The Hall–Kier alpha value is -2.21. The molecule has 0 N–H and O–H groups in total. The van der Waals surface area contributed by atoms with Gasteiger partial charge >= 0.3 is 0 Å². The van der Waals surface area contributed by atoms with E-state index in [1.165, 1.54) is 5.69 Å². The highest BCUT2D eigenvalue weighted by Crippen LogP contribution is 2.31. The van der Waals surface area contributed by atoms with Gasteiger partial charge in [-0.2, -0.15) is 5.10 Å². The van der Waals surface area contributed by atoms with Crippen molar-refractivity contribution in [3.63, 3.8) is 0 Å². The third kappa shape index (κ3) is 2.71. The fourth-order valence-corrected chi connectivity index (χ4v) is 3.46. The van der Waals surface area contributed by atoms with Crippen LogP contribution >= 0.6 is 11.6 Å². The van der Waals surface area contributed by atoms with E-state index < -0.39 is 0 Å². The van der Waals surface area contributed by atoms with Gasteiger partial charge in [-0.25, -0.2) is 4.68 Å². The van der Waals surface area contributed by atoms with E-state index in [9.17, 15) is 4.79 Å². The van der Waals surface area contributed by atoms with E-state index in [1.54, 1.807) is 4.68 Å². The zero-order valence-electron chi connectivity index (χ0n) is 13.3. The molecule has 3 heterocycles. The number of hydrogen-bond donors (Lipinski definition) is 0. The van der Waals surface area contributed by atoms with Crippen LogP contribution < -0.4 is 9.64 Å². The molecule has 0 atom stereocenters. The second-order valence-corrected chi connectivity index (χ2v) is 6.39. The summed E-state index contributed by atoms with van der Waals surface area (Å²) in [6, 6.07) is 10.3. The van der Waals surface area contributed by atoms with Crippen molar-refractivity contribution in [2.24, 2.45) is 0 Å². The van der Waals surface area contributed by atoms with Crippen LogP contribution in [-0.2, 0) is 6.54 Å². The van der Waals surface area contributed by atoms with Crippen molar-refractivity contribution in [1.82, 2.24) is 14.7 Å². The topological polar surface area (TPSA) is 50.6 Å². The van der Waals surface area contributed by atoms with Crippen molar-refractivity contribution < 1.29 is 9.53 Å². The largest absolute Gasteiger partial charge is 0.477 e. The molecule has 0 aliphatic carbocycles. The Kier molecular flexibility index (Phi) is 4.06. The van der Waals surface area contributed by atoms with Crippen molar-refractivity contribution in [3.05, 3.63) is 41.0 Å². The number of para-hydroxylation sites is 1. The van der Waals surface area contributed by atoms with Crippen LogP contribution in [0.2, 0.25) is 5.02 Å². The van der Waals surface area contributed by atoms with Crippen molar-refractivity contribution in [1.29, 1.82) is 0 Å². The molecule has 1 aromatic heterocycles. The lowest BCUT2D eigenvalue weighted by Crippen LogP contribution is -2.49. The number of aryl methyl sites for hydroxylation is 1. The predicted molar refractivity (Wildman–Crippen MR) is 91.9 cm³/mol. The van der Waals surface area contributed by atoms with Gasteiger partial charge in [-0.1, -0.05) is 29.8 Å². The lowest BCUT2D eigenvalue weighted by atomic mass is 10.2. The third-order valence-corrected chi connectivity index (χ3v) is 4.84. The number of halogens is 1. The molecule has 24 heavy (non-hydrogen) atoms. The van der Waals surface area contributed by atoms with Gasteiger partial charge in [0.15, 0.2) is 5.69 Å². The maximum absolute atomic E-state index is 12.8. The smallest absolute Gasteiger partial charge is 0.276 e. The summed E-state index contributed by atoms with van der Waals surface area (Å²) in [5.74, 6) is 0.410. The summed E-state index contributed by atoms with van der Waals surface area (Å²) in [6.45, 7) is 4.29. The summed E-state index contributed by atoms with van der Waals surface area (Å²) >= 11 is 6.31. The van der Waals surface area contributed by atoms with Crippen molar-refractivity contribution >= 4 is 23.2 Å². The molecule has 2 aromatic rings. The zero-order chi connectivity index (χ0) is 16.5. The zero-order valence-corrected chi connectivity index (χ0v) is 14.1. The lowest BCUT2D eigenvalue weighted by Gasteiger charge is -2.35. The van der Waals surface area contributed by atoms with Gasteiger partial charge in [-0.05, 0) is 12.1 Å². The Morgan fingerprint density at radius 1 is 1.08 bits per heavy atom. The number of anilines is 1. The Bertz CT molecular complexity index is 739. The minimum absolute atomic E-state index is 0.113. The molecule has 0 spiro atoms. The van der Waals surface area contributed by atoms with Crippen LogP contribution in [0.1, 0.15) is 16.9 Å². The van der Waals surface area contributed by atoms with E-state index in [-0.39, 0.29) is 5.91 Å². The first-order valence-corrected chi connectivity index (χ1v) is 8.60. The van der Waals surface area contributed by atoms with Gasteiger partial charge in [0.2, 0.25) is 5.88 Å². The first-order chi connectivity index (χ1) is 11.7. The number of ether oxygens (including phenoxy) is 1. The monoisotopic (exact) mass is 346 g/mol. The van der Waals surface area contributed by atoms with Gasteiger partial charge in [0.1, 0.15) is 5.02 Å². The first kappa shape index (κ1) is 15.3. The molecule has 2 aliphatic heterocycles. The lowest BCUT2D eigenvalue weighted by molar-refractivity contribution is 0.0740. The quantitative estimate of drug-likeness (QED) is 0.837. The van der Waals surface area contributed by atoms with E-state index >= 15 is 0 Å². The van der Waals surface area contributed by atoms with Gasteiger partial charge in [0, 0.05) is 44.8 Å². The molecule has 0 radical (unpaired) electrons. The van der Waals surface area contributed by atoms with Gasteiger partial charge in [0.05, 0.1) is 6.61 Å². The Balaban J connectivity index is 1.46. The molecule has 1 saturated heterocycles. The van der Waals surface area contributed by atoms with Gasteiger partial charge in [0.25, 0.3) is 5.91 Å². The van der Waals surface area contributed by atoms with Crippen LogP contribution in [0.15, 0.2) is 30.3 Å². The number of hydrogen-bond acceptors (Lipinski definition) is 4. The fraction of sp³-hybridized carbons (Fsp3) is 0.412. The van der Waals surface area contributed by atoms with Gasteiger partial charge in [-0.3, -0.25) is 4.79 Å². The molecule has 0 saturated carbocycles. The Morgan fingerprint density at radius 2 is 1.83 bits per heavy atom. The van der Waals surface area contributed by atoms with E-state index in [0.717, 1.165) is 26.1 Å². The minimum Gasteiger partial charge on any atom is -0.477 e. The average molecular weight is 347 g/mol. The summed E-state index contributed by atoms with van der Waals surface area (Å²) < 4.78 is 7.23. The number of amides is 1. The minimum atomic E-state index is -0.113. The van der Waals surface area contributed by atoms with Crippen LogP contribution in [-0.4, -0.2) is 53.4 Å². The molecule has 4 rings (SSSR count). The molecule has 1 fully saturated rings. The molecule has 2 aliphatic rings. The van der Waals surface area contributed by atoms with Crippen LogP contribution in [0.5, 0.6) is 5.88 Å². The molecule has 6 nitrogen and oxygen atoms in total. The number of rotatable bonds is 2. The maximum atomic E-state index is 12.8. The number of fused-ring (bicyclic) bond motifs is 1. The number of carbonyl (C=O) groups excluding carboxylic acids is 1. The number of carbonyl (C=O) groups is 1. The van der Waals surface area contributed by atoms with E-state index in [1.807, 2.05) is 23.1 Å².